The lowest BCUT2D eigenvalue weighted by atomic mass is 10.1. The van der Waals surface area contributed by atoms with Gasteiger partial charge in [-0.1, -0.05) is 91.0 Å². The standard InChI is InChI=1S/C30H20N2/c1-2-13-22(14-3-1)31-27-18-8-6-16-24(27)29-25-17-7-9-19-28(25)32(30(29)31)26-20-10-12-21-11-4-5-15-23(21)26/h1-20H. The molecule has 7 aromatic rings. The number of para-hydroxylation sites is 3. The Kier molecular flexibility index (Phi) is 3.58. The van der Waals surface area contributed by atoms with Gasteiger partial charge in [0, 0.05) is 27.2 Å². The van der Waals surface area contributed by atoms with Crippen LogP contribution in [0.4, 0.5) is 0 Å². The van der Waals surface area contributed by atoms with Crippen molar-refractivity contribution in [2.45, 2.75) is 0 Å². The highest BCUT2D eigenvalue weighted by Crippen LogP contribution is 2.41. The van der Waals surface area contributed by atoms with Crippen molar-refractivity contribution in [3.8, 4) is 11.4 Å². The smallest absolute Gasteiger partial charge is 0.131 e. The number of fused-ring (bicyclic) bond motifs is 6. The minimum absolute atomic E-state index is 1.17. The molecule has 0 spiro atoms. The molecule has 5 aromatic carbocycles. The number of hydrogen-bond donors (Lipinski definition) is 0. The summed E-state index contributed by atoms with van der Waals surface area (Å²) in [5, 5.41) is 6.36. The molecule has 0 aliphatic carbocycles. The van der Waals surface area contributed by atoms with E-state index in [4.69, 9.17) is 0 Å². The maximum absolute atomic E-state index is 2.44. The molecule has 0 aliphatic heterocycles. The molecular weight excluding hydrogens is 388 g/mol. The van der Waals surface area contributed by atoms with Crippen LogP contribution in [-0.2, 0) is 0 Å². The Hall–Kier alpha value is -4.30. The van der Waals surface area contributed by atoms with Gasteiger partial charge in [0.2, 0.25) is 0 Å². The van der Waals surface area contributed by atoms with Gasteiger partial charge in [-0.3, -0.25) is 9.13 Å². The summed E-state index contributed by atoms with van der Waals surface area (Å²) in [5.74, 6) is 0. The molecule has 32 heavy (non-hydrogen) atoms. The van der Waals surface area contributed by atoms with E-state index in [0.29, 0.717) is 0 Å². The third-order valence-electron chi connectivity index (χ3n) is 6.50. The minimum Gasteiger partial charge on any atom is -0.295 e. The lowest BCUT2D eigenvalue weighted by Crippen LogP contribution is -2.02. The average molecular weight is 409 g/mol. The molecule has 7 rings (SSSR count). The molecule has 0 amide bonds. The first-order valence-corrected chi connectivity index (χ1v) is 11.0. The number of rotatable bonds is 2. The summed E-state index contributed by atoms with van der Waals surface area (Å²) in [5.41, 5.74) is 6.03. The molecule has 2 nitrogen and oxygen atoms in total. The second kappa shape index (κ2) is 6.60. The predicted molar refractivity (Wildman–Crippen MR) is 135 cm³/mol. The number of nitrogens with zero attached hydrogens (tertiary/aromatic N) is 2. The van der Waals surface area contributed by atoms with E-state index in [1.165, 1.54) is 55.0 Å². The molecule has 0 radical (unpaired) electrons. The number of hydrogen-bond acceptors (Lipinski definition) is 0. The normalized spacial score (nSPS) is 11.8. The van der Waals surface area contributed by atoms with Gasteiger partial charge in [-0.15, -0.1) is 0 Å². The van der Waals surface area contributed by atoms with Gasteiger partial charge in [-0.05, 0) is 35.7 Å². The van der Waals surface area contributed by atoms with Gasteiger partial charge in [0.25, 0.3) is 0 Å². The topological polar surface area (TPSA) is 9.86 Å². The SMILES string of the molecule is c1ccc(-n2c3ccccc3c3c4ccccc4n(-c4cccc5ccccc45)c32)cc1. The van der Waals surface area contributed by atoms with Crippen molar-refractivity contribution < 1.29 is 0 Å². The van der Waals surface area contributed by atoms with Gasteiger partial charge in [-0.2, -0.15) is 0 Å². The Balaban J connectivity index is 1.78. The van der Waals surface area contributed by atoms with Gasteiger partial charge in [0.1, 0.15) is 5.65 Å². The van der Waals surface area contributed by atoms with Crippen LogP contribution in [0.15, 0.2) is 121 Å². The fourth-order valence-electron chi connectivity index (χ4n) is 5.18. The van der Waals surface area contributed by atoms with Crippen molar-refractivity contribution in [3.63, 3.8) is 0 Å². The quantitative estimate of drug-likeness (QED) is 0.275. The Labute approximate surface area is 185 Å². The zero-order valence-electron chi connectivity index (χ0n) is 17.4. The molecular formula is C30H20N2. The van der Waals surface area contributed by atoms with Gasteiger partial charge >= 0.3 is 0 Å². The summed E-state index contributed by atoms with van der Waals surface area (Å²) in [4.78, 5) is 0. The van der Waals surface area contributed by atoms with E-state index in [2.05, 4.69) is 130 Å². The predicted octanol–water partition coefficient (Wildman–Crippen LogP) is 7.88. The Bertz CT molecular complexity index is 1760. The van der Waals surface area contributed by atoms with E-state index in [1.807, 2.05) is 0 Å². The maximum atomic E-state index is 2.44. The van der Waals surface area contributed by atoms with Crippen molar-refractivity contribution in [2.24, 2.45) is 0 Å². The van der Waals surface area contributed by atoms with E-state index in [0.717, 1.165) is 0 Å². The second-order valence-electron chi connectivity index (χ2n) is 8.24. The van der Waals surface area contributed by atoms with Crippen LogP contribution in [0, 0.1) is 0 Å². The number of benzene rings is 5. The third-order valence-corrected chi connectivity index (χ3v) is 6.50. The lowest BCUT2D eigenvalue weighted by Gasteiger charge is -2.14. The highest BCUT2D eigenvalue weighted by Gasteiger charge is 2.22. The van der Waals surface area contributed by atoms with Crippen LogP contribution in [0.3, 0.4) is 0 Å². The van der Waals surface area contributed by atoms with Gasteiger partial charge < -0.3 is 0 Å². The summed E-state index contributed by atoms with van der Waals surface area (Å²) in [7, 11) is 0. The van der Waals surface area contributed by atoms with Gasteiger partial charge in [0.15, 0.2) is 0 Å². The highest BCUT2D eigenvalue weighted by molar-refractivity contribution is 6.22. The van der Waals surface area contributed by atoms with Crippen molar-refractivity contribution in [3.05, 3.63) is 121 Å². The first-order chi connectivity index (χ1) is 15.9. The molecule has 0 fully saturated rings. The summed E-state index contributed by atoms with van der Waals surface area (Å²) in [6.45, 7) is 0. The largest absolute Gasteiger partial charge is 0.295 e. The van der Waals surface area contributed by atoms with Crippen LogP contribution in [0.2, 0.25) is 0 Å². The average Bonchev–Trinajstić information content (AvgIpc) is 3.37. The fourth-order valence-corrected chi connectivity index (χ4v) is 5.18. The third kappa shape index (κ3) is 2.29. The fraction of sp³-hybridized carbons (Fsp3) is 0. The van der Waals surface area contributed by atoms with Crippen LogP contribution in [0.5, 0.6) is 0 Å². The molecule has 0 saturated heterocycles. The van der Waals surface area contributed by atoms with Crippen molar-refractivity contribution >= 4 is 43.6 Å². The van der Waals surface area contributed by atoms with Crippen molar-refractivity contribution in [2.75, 3.05) is 0 Å². The van der Waals surface area contributed by atoms with Crippen LogP contribution < -0.4 is 0 Å². The van der Waals surface area contributed by atoms with Gasteiger partial charge in [-0.25, -0.2) is 0 Å². The Morgan fingerprint density at radius 1 is 0.406 bits per heavy atom. The van der Waals surface area contributed by atoms with E-state index >= 15 is 0 Å². The summed E-state index contributed by atoms with van der Waals surface area (Å²) >= 11 is 0. The lowest BCUT2D eigenvalue weighted by molar-refractivity contribution is 1.07. The molecule has 0 bridgehead atoms. The maximum Gasteiger partial charge on any atom is 0.131 e. The van der Waals surface area contributed by atoms with E-state index < -0.39 is 0 Å². The molecule has 150 valence electrons. The van der Waals surface area contributed by atoms with Crippen LogP contribution in [0.25, 0.3) is 55.0 Å². The van der Waals surface area contributed by atoms with Crippen molar-refractivity contribution in [1.29, 1.82) is 0 Å². The van der Waals surface area contributed by atoms with Crippen LogP contribution in [0.1, 0.15) is 0 Å². The summed E-state index contributed by atoms with van der Waals surface area (Å²) < 4.78 is 4.85. The highest BCUT2D eigenvalue weighted by atomic mass is 15.1. The molecule has 0 atom stereocenters. The van der Waals surface area contributed by atoms with Gasteiger partial charge in [0.05, 0.1) is 16.7 Å². The van der Waals surface area contributed by atoms with Crippen LogP contribution in [-0.4, -0.2) is 9.13 Å². The first-order valence-electron chi connectivity index (χ1n) is 11.0. The molecule has 2 heterocycles. The zero-order chi connectivity index (χ0) is 21.1. The van der Waals surface area contributed by atoms with E-state index in [9.17, 15) is 0 Å². The van der Waals surface area contributed by atoms with Crippen LogP contribution >= 0.6 is 0 Å². The molecule has 0 N–H and O–H groups in total. The Morgan fingerprint density at radius 3 is 1.72 bits per heavy atom. The number of aromatic nitrogens is 2. The zero-order valence-corrected chi connectivity index (χ0v) is 17.4. The summed E-state index contributed by atoms with van der Waals surface area (Å²) in [6.07, 6.45) is 0. The van der Waals surface area contributed by atoms with Crippen molar-refractivity contribution in [1.82, 2.24) is 9.13 Å². The molecule has 0 unspecified atom stereocenters. The second-order valence-corrected chi connectivity index (χ2v) is 8.24. The van der Waals surface area contributed by atoms with E-state index in [1.54, 1.807) is 0 Å². The van der Waals surface area contributed by atoms with E-state index in [-0.39, 0.29) is 0 Å². The molecule has 0 saturated carbocycles. The summed E-state index contributed by atoms with van der Waals surface area (Å²) in [6, 6.07) is 43.4. The molecule has 2 heteroatoms. The minimum atomic E-state index is 1.17. The first kappa shape index (κ1) is 17.4. The Morgan fingerprint density at radius 2 is 0.969 bits per heavy atom. The molecule has 2 aromatic heterocycles. The molecule has 0 aliphatic rings. The monoisotopic (exact) mass is 408 g/mol.